The Hall–Kier alpha value is -1.34. The predicted molar refractivity (Wildman–Crippen MR) is 60.6 cm³/mol. The zero-order chi connectivity index (χ0) is 13.6. The number of aliphatic hydroxyl groups is 2. The molecule has 7 heteroatoms. The Bertz CT molecular complexity index is 274. The van der Waals surface area contributed by atoms with Gasteiger partial charge in [-0.05, 0) is 13.8 Å². The van der Waals surface area contributed by atoms with Crippen LogP contribution in [0.2, 0.25) is 0 Å². The van der Waals surface area contributed by atoms with Gasteiger partial charge in [0.15, 0.2) is 0 Å². The molecule has 0 rings (SSSR count). The summed E-state index contributed by atoms with van der Waals surface area (Å²) in [5, 5.41) is 29.2. The summed E-state index contributed by atoms with van der Waals surface area (Å²) >= 11 is 0. The third kappa shape index (κ3) is 6.75. The minimum absolute atomic E-state index is 0.0581. The molecule has 0 saturated carbocycles. The molecule has 0 fully saturated rings. The van der Waals surface area contributed by atoms with E-state index in [0.29, 0.717) is 0 Å². The Balaban J connectivity index is 4.35. The summed E-state index contributed by atoms with van der Waals surface area (Å²) in [6.07, 6.45) is -0.0581. The molecule has 0 aliphatic rings. The van der Waals surface area contributed by atoms with Crippen molar-refractivity contribution in [1.82, 2.24) is 10.2 Å². The van der Waals surface area contributed by atoms with E-state index in [9.17, 15) is 14.7 Å². The van der Waals surface area contributed by atoms with E-state index in [2.05, 4.69) is 5.32 Å². The monoisotopic (exact) mass is 248 g/mol. The number of amides is 2. The van der Waals surface area contributed by atoms with Gasteiger partial charge in [0, 0.05) is 20.1 Å². The van der Waals surface area contributed by atoms with Gasteiger partial charge in [0.05, 0.1) is 12.1 Å². The Morgan fingerprint density at radius 2 is 1.94 bits per heavy atom. The molecule has 0 aliphatic carbocycles. The quantitative estimate of drug-likeness (QED) is 0.493. The van der Waals surface area contributed by atoms with Crippen LogP contribution < -0.4 is 5.32 Å². The maximum atomic E-state index is 11.6. The summed E-state index contributed by atoms with van der Waals surface area (Å²) in [5.41, 5.74) is -1.05. The van der Waals surface area contributed by atoms with Gasteiger partial charge in [-0.3, -0.25) is 0 Å². The van der Waals surface area contributed by atoms with Crippen LogP contribution in [0, 0.1) is 0 Å². The molecule has 0 radical (unpaired) electrons. The molecule has 100 valence electrons. The highest BCUT2D eigenvalue weighted by atomic mass is 16.4. The second-order valence-electron chi connectivity index (χ2n) is 4.52. The summed E-state index contributed by atoms with van der Waals surface area (Å²) in [7, 11) is 1.45. The van der Waals surface area contributed by atoms with Gasteiger partial charge in [-0.1, -0.05) is 0 Å². The Morgan fingerprint density at radius 3 is 2.29 bits per heavy atom. The molecule has 0 aromatic rings. The van der Waals surface area contributed by atoms with Gasteiger partial charge in [0.2, 0.25) is 0 Å². The molecule has 4 N–H and O–H groups in total. The normalized spacial score (nSPS) is 13.0. The average Bonchev–Trinajstić information content (AvgIpc) is 2.13. The number of nitrogens with zero attached hydrogens (tertiary/aromatic N) is 1. The first-order valence-corrected chi connectivity index (χ1v) is 5.25. The summed E-state index contributed by atoms with van der Waals surface area (Å²) in [6.45, 7) is 2.83. The molecular weight excluding hydrogens is 228 g/mol. The number of likely N-dealkylation sites (N-methyl/N-ethyl adjacent to an activating group) is 1. The van der Waals surface area contributed by atoms with E-state index < -0.39 is 23.6 Å². The van der Waals surface area contributed by atoms with E-state index in [-0.39, 0.29) is 19.6 Å². The summed E-state index contributed by atoms with van der Waals surface area (Å²) in [5.74, 6) is -1.20. The van der Waals surface area contributed by atoms with Crippen molar-refractivity contribution in [3.05, 3.63) is 0 Å². The lowest BCUT2D eigenvalue weighted by molar-refractivity contribution is -0.139. The first-order chi connectivity index (χ1) is 7.67. The number of aliphatic carboxylic acids is 1. The van der Waals surface area contributed by atoms with E-state index in [1.54, 1.807) is 13.8 Å². The number of carbonyl (C=O) groups excluding carboxylic acids is 1. The number of nitrogens with one attached hydrogen (secondary N) is 1. The van der Waals surface area contributed by atoms with Crippen molar-refractivity contribution in [3.8, 4) is 0 Å². The number of hydrogen-bond donors (Lipinski definition) is 4. The lowest BCUT2D eigenvalue weighted by Gasteiger charge is -2.27. The molecule has 1 atom stereocenters. The van der Waals surface area contributed by atoms with Crippen molar-refractivity contribution in [2.75, 3.05) is 20.2 Å². The fourth-order valence-corrected chi connectivity index (χ4v) is 1.30. The molecule has 7 nitrogen and oxygen atoms in total. The van der Waals surface area contributed by atoms with Gasteiger partial charge in [-0.25, -0.2) is 9.59 Å². The highest BCUT2D eigenvalue weighted by Crippen LogP contribution is 2.03. The average molecular weight is 248 g/mol. The highest BCUT2D eigenvalue weighted by Gasteiger charge is 2.24. The first-order valence-electron chi connectivity index (χ1n) is 5.25. The van der Waals surface area contributed by atoms with Crippen LogP contribution in [0.1, 0.15) is 20.3 Å². The van der Waals surface area contributed by atoms with Gasteiger partial charge < -0.3 is 25.5 Å². The second-order valence-corrected chi connectivity index (χ2v) is 4.52. The molecule has 0 aromatic heterocycles. The molecule has 0 saturated heterocycles. The van der Waals surface area contributed by atoms with Crippen molar-refractivity contribution in [2.45, 2.75) is 31.9 Å². The van der Waals surface area contributed by atoms with Gasteiger partial charge in [-0.2, -0.15) is 0 Å². The van der Waals surface area contributed by atoms with E-state index in [0.717, 1.165) is 0 Å². The lowest BCUT2D eigenvalue weighted by Crippen LogP contribution is -2.50. The SMILES string of the molecule is CN(CC(C)(C)O)C(=O)N[C@@H](CCO)C(=O)O. The third-order valence-corrected chi connectivity index (χ3v) is 1.98. The molecule has 0 aromatic carbocycles. The van der Waals surface area contributed by atoms with Crippen LogP contribution >= 0.6 is 0 Å². The minimum atomic E-state index is -1.20. The minimum Gasteiger partial charge on any atom is -0.480 e. The van der Waals surface area contributed by atoms with Gasteiger partial charge in [-0.15, -0.1) is 0 Å². The van der Waals surface area contributed by atoms with Crippen molar-refractivity contribution >= 4 is 12.0 Å². The first kappa shape index (κ1) is 15.7. The van der Waals surface area contributed by atoms with Crippen molar-refractivity contribution in [3.63, 3.8) is 0 Å². The Morgan fingerprint density at radius 1 is 1.41 bits per heavy atom. The second kappa shape index (κ2) is 6.41. The third-order valence-electron chi connectivity index (χ3n) is 1.98. The van der Waals surface area contributed by atoms with Crippen LogP contribution in [0.15, 0.2) is 0 Å². The van der Waals surface area contributed by atoms with E-state index in [4.69, 9.17) is 10.2 Å². The zero-order valence-corrected chi connectivity index (χ0v) is 10.3. The summed E-state index contributed by atoms with van der Waals surface area (Å²) in [6, 6.07) is -1.73. The topological polar surface area (TPSA) is 110 Å². The number of hydrogen-bond acceptors (Lipinski definition) is 4. The highest BCUT2D eigenvalue weighted by molar-refractivity contribution is 5.82. The van der Waals surface area contributed by atoms with Gasteiger partial charge in [0.25, 0.3) is 0 Å². The Labute approximate surface area is 100 Å². The van der Waals surface area contributed by atoms with Crippen molar-refractivity contribution < 1.29 is 24.9 Å². The van der Waals surface area contributed by atoms with Crippen LogP contribution in [0.4, 0.5) is 4.79 Å². The van der Waals surface area contributed by atoms with E-state index in [1.165, 1.54) is 11.9 Å². The zero-order valence-electron chi connectivity index (χ0n) is 10.3. The van der Waals surface area contributed by atoms with Crippen LogP contribution in [0.5, 0.6) is 0 Å². The molecular formula is C10H20N2O5. The number of carboxylic acids is 1. The van der Waals surface area contributed by atoms with Crippen LogP contribution in [0.3, 0.4) is 0 Å². The maximum Gasteiger partial charge on any atom is 0.326 e. The Kier molecular flexibility index (Phi) is 5.90. The lowest BCUT2D eigenvalue weighted by atomic mass is 10.1. The summed E-state index contributed by atoms with van der Waals surface area (Å²) < 4.78 is 0. The fraction of sp³-hybridized carbons (Fsp3) is 0.800. The standard InChI is InChI=1S/C10H20N2O5/c1-10(2,17)6-12(3)9(16)11-7(4-5-13)8(14)15/h7,13,17H,4-6H2,1-3H3,(H,11,16)(H,14,15)/t7-/m0/s1. The predicted octanol–water partition coefficient (Wildman–Crippen LogP) is -0.766. The molecule has 17 heavy (non-hydrogen) atoms. The molecule has 0 heterocycles. The van der Waals surface area contributed by atoms with Gasteiger partial charge in [0.1, 0.15) is 6.04 Å². The maximum absolute atomic E-state index is 11.6. The molecule has 0 unspecified atom stereocenters. The van der Waals surface area contributed by atoms with E-state index >= 15 is 0 Å². The number of rotatable bonds is 6. The number of carbonyl (C=O) groups is 2. The van der Waals surface area contributed by atoms with E-state index in [1.807, 2.05) is 0 Å². The fourth-order valence-electron chi connectivity index (χ4n) is 1.30. The number of urea groups is 1. The molecule has 0 bridgehead atoms. The number of carboxylic acid groups (broad SMARTS) is 1. The van der Waals surface area contributed by atoms with Crippen LogP contribution in [0.25, 0.3) is 0 Å². The van der Waals surface area contributed by atoms with Gasteiger partial charge >= 0.3 is 12.0 Å². The summed E-state index contributed by atoms with van der Waals surface area (Å²) in [4.78, 5) is 23.5. The van der Waals surface area contributed by atoms with Crippen molar-refractivity contribution in [2.24, 2.45) is 0 Å². The number of aliphatic hydroxyl groups excluding tert-OH is 1. The molecule has 0 aliphatic heterocycles. The molecule has 2 amide bonds. The van der Waals surface area contributed by atoms with Crippen molar-refractivity contribution in [1.29, 1.82) is 0 Å². The smallest absolute Gasteiger partial charge is 0.326 e. The largest absolute Gasteiger partial charge is 0.480 e. The van der Waals surface area contributed by atoms with Crippen LogP contribution in [-0.2, 0) is 4.79 Å². The molecule has 0 spiro atoms. The van der Waals surface area contributed by atoms with Crippen LogP contribution in [-0.4, -0.2) is 64.1 Å².